The van der Waals surface area contributed by atoms with Crippen molar-refractivity contribution in [2.75, 3.05) is 0 Å². The Labute approximate surface area is 88.0 Å². The van der Waals surface area contributed by atoms with Crippen LogP contribution in [0.25, 0.3) is 11.4 Å². The van der Waals surface area contributed by atoms with E-state index in [-0.39, 0.29) is 0 Å². The maximum atomic E-state index is 5.90. The lowest BCUT2D eigenvalue weighted by atomic mass is 10.2. The number of aromatic amines is 1. The highest BCUT2D eigenvalue weighted by atomic mass is 35.5. The van der Waals surface area contributed by atoms with Crippen molar-refractivity contribution in [1.82, 2.24) is 9.97 Å². The Kier molecular flexibility index (Phi) is 2.30. The zero-order valence-corrected chi connectivity index (χ0v) is 8.89. The highest BCUT2D eigenvalue weighted by Crippen LogP contribution is 2.20. The van der Waals surface area contributed by atoms with E-state index in [0.29, 0.717) is 0 Å². The second-order valence-corrected chi connectivity index (χ2v) is 3.74. The molecule has 72 valence electrons. The molecule has 0 spiro atoms. The van der Waals surface area contributed by atoms with Gasteiger partial charge in [-0.3, -0.25) is 0 Å². The van der Waals surface area contributed by atoms with Gasteiger partial charge in [0.1, 0.15) is 5.82 Å². The first-order valence-electron chi connectivity index (χ1n) is 4.46. The number of hydrogen-bond donors (Lipinski definition) is 1. The second kappa shape index (κ2) is 3.46. The summed E-state index contributed by atoms with van der Waals surface area (Å²) < 4.78 is 0. The van der Waals surface area contributed by atoms with Gasteiger partial charge in [0.2, 0.25) is 0 Å². The molecular weight excluding hydrogens is 196 g/mol. The maximum Gasteiger partial charge on any atom is 0.137 e. The summed E-state index contributed by atoms with van der Waals surface area (Å²) in [5.74, 6) is 0.877. The fourth-order valence-electron chi connectivity index (χ4n) is 1.32. The zero-order valence-electron chi connectivity index (χ0n) is 8.13. The molecule has 1 aromatic heterocycles. The molecule has 0 saturated heterocycles. The minimum absolute atomic E-state index is 0.731. The molecule has 0 aliphatic heterocycles. The molecule has 0 aliphatic rings. The molecule has 0 saturated carbocycles. The van der Waals surface area contributed by atoms with Gasteiger partial charge in [0, 0.05) is 16.3 Å². The molecule has 2 aromatic rings. The number of aryl methyl sites for hydroxylation is 2. The van der Waals surface area contributed by atoms with Crippen molar-refractivity contribution in [1.29, 1.82) is 0 Å². The standard InChI is InChI=1S/C11H11ClN2/c1-7-8(2)14-11(13-7)9-4-3-5-10(12)6-9/h3-6H,1-2H3,(H,13,14). The molecule has 1 heterocycles. The van der Waals surface area contributed by atoms with Crippen LogP contribution in [0.4, 0.5) is 0 Å². The lowest BCUT2D eigenvalue weighted by Crippen LogP contribution is -1.79. The molecule has 0 radical (unpaired) electrons. The van der Waals surface area contributed by atoms with Crippen LogP contribution in [0.15, 0.2) is 24.3 Å². The number of H-pyrrole nitrogens is 1. The predicted octanol–water partition coefficient (Wildman–Crippen LogP) is 3.35. The Morgan fingerprint density at radius 3 is 2.64 bits per heavy atom. The van der Waals surface area contributed by atoms with Crippen molar-refractivity contribution >= 4 is 11.6 Å². The molecular formula is C11H11ClN2. The Morgan fingerprint density at radius 2 is 2.07 bits per heavy atom. The monoisotopic (exact) mass is 206 g/mol. The molecule has 0 unspecified atom stereocenters. The average molecular weight is 207 g/mol. The number of nitrogens with zero attached hydrogens (tertiary/aromatic N) is 1. The van der Waals surface area contributed by atoms with E-state index in [0.717, 1.165) is 27.8 Å². The quantitative estimate of drug-likeness (QED) is 0.762. The van der Waals surface area contributed by atoms with E-state index < -0.39 is 0 Å². The van der Waals surface area contributed by atoms with Gasteiger partial charge in [-0.05, 0) is 26.0 Å². The smallest absolute Gasteiger partial charge is 0.137 e. The second-order valence-electron chi connectivity index (χ2n) is 3.31. The lowest BCUT2D eigenvalue weighted by Gasteiger charge is -1.96. The van der Waals surface area contributed by atoms with Crippen molar-refractivity contribution < 1.29 is 0 Å². The molecule has 0 bridgehead atoms. The maximum absolute atomic E-state index is 5.90. The van der Waals surface area contributed by atoms with Crippen LogP contribution in [0, 0.1) is 13.8 Å². The molecule has 14 heavy (non-hydrogen) atoms. The molecule has 0 atom stereocenters. The molecule has 2 rings (SSSR count). The summed E-state index contributed by atoms with van der Waals surface area (Å²) in [7, 11) is 0. The molecule has 0 aliphatic carbocycles. The van der Waals surface area contributed by atoms with Crippen molar-refractivity contribution in [2.45, 2.75) is 13.8 Å². The predicted molar refractivity (Wildman–Crippen MR) is 58.5 cm³/mol. The number of nitrogens with one attached hydrogen (secondary N) is 1. The molecule has 1 N–H and O–H groups in total. The van der Waals surface area contributed by atoms with Crippen LogP contribution in [0.5, 0.6) is 0 Å². The number of benzene rings is 1. The van der Waals surface area contributed by atoms with Gasteiger partial charge < -0.3 is 4.98 Å². The molecule has 0 fully saturated rings. The molecule has 0 amide bonds. The summed E-state index contributed by atoms with van der Waals surface area (Å²) in [4.78, 5) is 7.63. The number of imidazole rings is 1. The third kappa shape index (κ3) is 1.66. The highest BCUT2D eigenvalue weighted by Gasteiger charge is 2.04. The number of hydrogen-bond acceptors (Lipinski definition) is 1. The number of rotatable bonds is 1. The van der Waals surface area contributed by atoms with Crippen LogP contribution in [0.1, 0.15) is 11.4 Å². The van der Waals surface area contributed by atoms with Gasteiger partial charge >= 0.3 is 0 Å². The Bertz CT molecular complexity index is 441. The Morgan fingerprint density at radius 1 is 1.29 bits per heavy atom. The lowest BCUT2D eigenvalue weighted by molar-refractivity contribution is 1.22. The number of aromatic nitrogens is 2. The third-order valence-corrected chi connectivity index (χ3v) is 2.46. The zero-order chi connectivity index (χ0) is 10.1. The minimum atomic E-state index is 0.731. The van der Waals surface area contributed by atoms with Crippen LogP contribution in [-0.4, -0.2) is 9.97 Å². The van der Waals surface area contributed by atoms with Crippen LogP contribution < -0.4 is 0 Å². The largest absolute Gasteiger partial charge is 0.342 e. The Hall–Kier alpha value is -1.28. The Balaban J connectivity index is 2.49. The summed E-state index contributed by atoms with van der Waals surface area (Å²) in [6.07, 6.45) is 0. The fraction of sp³-hybridized carbons (Fsp3) is 0.182. The normalized spacial score (nSPS) is 10.5. The summed E-state index contributed by atoms with van der Waals surface area (Å²) in [5.41, 5.74) is 3.15. The van der Waals surface area contributed by atoms with E-state index in [9.17, 15) is 0 Å². The average Bonchev–Trinajstić information content (AvgIpc) is 2.47. The third-order valence-electron chi connectivity index (χ3n) is 2.23. The van der Waals surface area contributed by atoms with Gasteiger partial charge in [0.05, 0.1) is 5.69 Å². The van der Waals surface area contributed by atoms with E-state index in [1.165, 1.54) is 0 Å². The summed E-state index contributed by atoms with van der Waals surface area (Å²) in [6.45, 7) is 4.00. The van der Waals surface area contributed by atoms with Crippen molar-refractivity contribution in [3.05, 3.63) is 40.7 Å². The van der Waals surface area contributed by atoms with Gasteiger partial charge in [0.15, 0.2) is 0 Å². The topological polar surface area (TPSA) is 28.7 Å². The highest BCUT2D eigenvalue weighted by molar-refractivity contribution is 6.30. The van der Waals surface area contributed by atoms with Crippen LogP contribution in [0.2, 0.25) is 5.02 Å². The van der Waals surface area contributed by atoms with E-state index in [1.807, 2.05) is 38.1 Å². The minimum Gasteiger partial charge on any atom is -0.342 e. The summed E-state index contributed by atoms with van der Waals surface area (Å²) >= 11 is 5.90. The van der Waals surface area contributed by atoms with E-state index in [1.54, 1.807) is 0 Å². The SMILES string of the molecule is Cc1nc(-c2cccc(Cl)c2)[nH]c1C. The van der Waals surface area contributed by atoms with Gasteiger partial charge in [-0.2, -0.15) is 0 Å². The first-order valence-corrected chi connectivity index (χ1v) is 4.84. The van der Waals surface area contributed by atoms with Crippen LogP contribution in [-0.2, 0) is 0 Å². The number of halogens is 1. The first-order chi connectivity index (χ1) is 6.66. The van der Waals surface area contributed by atoms with Gasteiger partial charge in [-0.15, -0.1) is 0 Å². The van der Waals surface area contributed by atoms with E-state index in [2.05, 4.69) is 9.97 Å². The fourth-order valence-corrected chi connectivity index (χ4v) is 1.51. The van der Waals surface area contributed by atoms with Crippen molar-refractivity contribution in [3.8, 4) is 11.4 Å². The summed E-state index contributed by atoms with van der Waals surface area (Å²) in [6, 6.07) is 7.67. The molecule has 3 heteroatoms. The van der Waals surface area contributed by atoms with Gasteiger partial charge in [0.25, 0.3) is 0 Å². The van der Waals surface area contributed by atoms with Crippen LogP contribution >= 0.6 is 11.6 Å². The van der Waals surface area contributed by atoms with E-state index in [4.69, 9.17) is 11.6 Å². The van der Waals surface area contributed by atoms with Crippen molar-refractivity contribution in [2.24, 2.45) is 0 Å². The van der Waals surface area contributed by atoms with E-state index >= 15 is 0 Å². The van der Waals surface area contributed by atoms with Gasteiger partial charge in [-0.25, -0.2) is 4.98 Å². The van der Waals surface area contributed by atoms with Crippen molar-refractivity contribution in [3.63, 3.8) is 0 Å². The van der Waals surface area contributed by atoms with Gasteiger partial charge in [-0.1, -0.05) is 23.7 Å². The first kappa shape index (κ1) is 9.28. The molecule has 2 nitrogen and oxygen atoms in total. The van der Waals surface area contributed by atoms with Crippen LogP contribution in [0.3, 0.4) is 0 Å². The molecule has 1 aromatic carbocycles. The summed E-state index contributed by atoms with van der Waals surface area (Å²) in [5, 5.41) is 0.731.